The van der Waals surface area contributed by atoms with E-state index < -0.39 is 17.5 Å². The Morgan fingerprint density at radius 2 is 1.89 bits per heavy atom. The molecule has 0 bridgehead atoms. The van der Waals surface area contributed by atoms with Crippen molar-refractivity contribution in [3.05, 3.63) is 29.8 Å². The smallest absolute Gasteiger partial charge is 0.325 e. The first kappa shape index (κ1) is 19.2. The van der Waals surface area contributed by atoms with Gasteiger partial charge in [-0.1, -0.05) is 12.1 Å². The van der Waals surface area contributed by atoms with Crippen LogP contribution in [-0.2, 0) is 15.1 Å². The second-order valence-corrected chi connectivity index (χ2v) is 7.35. The molecule has 4 N–H and O–H groups in total. The van der Waals surface area contributed by atoms with Crippen LogP contribution in [0.15, 0.2) is 24.3 Å². The number of imide groups is 1. The van der Waals surface area contributed by atoms with Crippen LogP contribution in [0.2, 0.25) is 0 Å². The van der Waals surface area contributed by atoms with Crippen molar-refractivity contribution in [3.63, 3.8) is 0 Å². The van der Waals surface area contributed by atoms with Crippen molar-refractivity contribution >= 4 is 17.8 Å². The largest absolute Gasteiger partial charge is 0.497 e. The summed E-state index contributed by atoms with van der Waals surface area (Å²) in [5, 5.41) is 5.60. The predicted molar refractivity (Wildman–Crippen MR) is 99.0 cm³/mol. The Kier molecular flexibility index (Phi) is 5.36. The van der Waals surface area contributed by atoms with Gasteiger partial charge in [-0.2, -0.15) is 0 Å². The van der Waals surface area contributed by atoms with Gasteiger partial charge in [0.05, 0.1) is 7.11 Å². The second-order valence-electron chi connectivity index (χ2n) is 7.35. The first-order valence-corrected chi connectivity index (χ1v) is 9.17. The summed E-state index contributed by atoms with van der Waals surface area (Å²) in [5.41, 5.74) is 5.30. The molecule has 2 aliphatic rings. The van der Waals surface area contributed by atoms with Gasteiger partial charge >= 0.3 is 6.03 Å². The molecule has 3 rings (SSSR count). The summed E-state index contributed by atoms with van der Waals surface area (Å²) in [7, 11) is 1.56. The van der Waals surface area contributed by atoms with Crippen LogP contribution >= 0.6 is 0 Å². The number of methoxy groups -OCH3 is 1. The maximum absolute atomic E-state index is 12.9. The molecule has 0 aromatic heterocycles. The third-order valence-corrected chi connectivity index (χ3v) is 5.38. The van der Waals surface area contributed by atoms with Crippen LogP contribution in [-0.4, -0.2) is 48.5 Å². The summed E-state index contributed by atoms with van der Waals surface area (Å²) >= 11 is 0. The number of hydrogen-bond acceptors (Lipinski definition) is 5. The number of nitrogens with one attached hydrogen (secondary N) is 2. The first-order valence-electron chi connectivity index (χ1n) is 9.17. The zero-order valence-electron chi connectivity index (χ0n) is 15.7. The van der Waals surface area contributed by atoms with Gasteiger partial charge in [-0.05, 0) is 50.3 Å². The fraction of sp³-hybridized carbons (Fsp3) is 0.526. The number of rotatable bonds is 5. The lowest BCUT2D eigenvalue weighted by atomic mass is 9.91. The number of amides is 4. The van der Waals surface area contributed by atoms with E-state index in [1.807, 2.05) is 0 Å². The number of hydrogen-bond donors (Lipinski definition) is 3. The van der Waals surface area contributed by atoms with E-state index in [9.17, 15) is 14.4 Å². The lowest BCUT2D eigenvalue weighted by Crippen LogP contribution is -2.47. The molecule has 8 nitrogen and oxygen atoms in total. The molecule has 1 atom stereocenters. The highest BCUT2D eigenvalue weighted by atomic mass is 16.5. The topological polar surface area (TPSA) is 114 Å². The molecule has 1 saturated heterocycles. The van der Waals surface area contributed by atoms with Gasteiger partial charge in [0.2, 0.25) is 5.91 Å². The number of nitrogens with zero attached hydrogens (tertiary/aromatic N) is 1. The van der Waals surface area contributed by atoms with Crippen molar-refractivity contribution in [2.24, 2.45) is 5.73 Å². The molecule has 1 aliphatic heterocycles. The van der Waals surface area contributed by atoms with Gasteiger partial charge in [0.1, 0.15) is 17.8 Å². The minimum Gasteiger partial charge on any atom is -0.497 e. The van der Waals surface area contributed by atoms with Crippen LogP contribution in [0.5, 0.6) is 5.75 Å². The van der Waals surface area contributed by atoms with E-state index in [4.69, 9.17) is 10.5 Å². The molecule has 1 unspecified atom stereocenters. The SMILES string of the molecule is COc1ccc(C2(C)NC(=O)N(CC(=O)NC3CCC(N)CC3)C2=O)cc1. The van der Waals surface area contributed by atoms with Gasteiger partial charge in [0.25, 0.3) is 5.91 Å². The monoisotopic (exact) mass is 374 g/mol. The molecule has 1 saturated carbocycles. The van der Waals surface area contributed by atoms with Crippen LogP contribution in [0, 0.1) is 0 Å². The quantitative estimate of drug-likeness (QED) is 0.661. The maximum atomic E-state index is 12.9. The van der Waals surface area contributed by atoms with Gasteiger partial charge in [-0.25, -0.2) is 4.79 Å². The van der Waals surface area contributed by atoms with Gasteiger partial charge in [-0.3, -0.25) is 14.5 Å². The Morgan fingerprint density at radius 3 is 2.48 bits per heavy atom. The molecular formula is C19H26N4O4. The number of nitrogens with two attached hydrogens (primary N) is 1. The highest BCUT2D eigenvalue weighted by molar-refractivity contribution is 6.09. The normalized spacial score (nSPS) is 28.0. The number of urea groups is 1. The number of carbonyl (C=O) groups is 3. The Bertz CT molecular complexity index is 728. The molecule has 8 heteroatoms. The third kappa shape index (κ3) is 3.90. The summed E-state index contributed by atoms with van der Waals surface area (Å²) < 4.78 is 5.12. The zero-order valence-corrected chi connectivity index (χ0v) is 15.7. The van der Waals surface area contributed by atoms with Crippen LogP contribution in [0.4, 0.5) is 4.79 Å². The zero-order chi connectivity index (χ0) is 19.6. The molecule has 1 heterocycles. The van der Waals surface area contributed by atoms with Crippen LogP contribution in [0.3, 0.4) is 0 Å². The van der Waals surface area contributed by atoms with E-state index >= 15 is 0 Å². The molecule has 146 valence electrons. The molecule has 1 aliphatic carbocycles. The van der Waals surface area contributed by atoms with Crippen molar-refractivity contribution in [2.45, 2.75) is 50.2 Å². The van der Waals surface area contributed by atoms with Crippen molar-refractivity contribution in [3.8, 4) is 5.75 Å². The molecule has 27 heavy (non-hydrogen) atoms. The molecule has 0 radical (unpaired) electrons. The summed E-state index contributed by atoms with van der Waals surface area (Å²) in [6, 6.07) is 6.57. The van der Waals surface area contributed by atoms with E-state index in [2.05, 4.69) is 10.6 Å². The lowest BCUT2D eigenvalue weighted by Gasteiger charge is -2.27. The van der Waals surface area contributed by atoms with Crippen molar-refractivity contribution in [1.82, 2.24) is 15.5 Å². The maximum Gasteiger partial charge on any atom is 0.325 e. The molecule has 1 aromatic carbocycles. The average molecular weight is 374 g/mol. The van der Waals surface area contributed by atoms with Crippen LogP contribution in [0.25, 0.3) is 0 Å². The van der Waals surface area contributed by atoms with Crippen molar-refractivity contribution in [2.75, 3.05) is 13.7 Å². The summed E-state index contributed by atoms with van der Waals surface area (Å²) in [6.45, 7) is 1.34. The van der Waals surface area contributed by atoms with E-state index in [1.54, 1.807) is 38.3 Å². The summed E-state index contributed by atoms with van der Waals surface area (Å²) in [5.74, 6) is -0.126. The number of ether oxygens (including phenoxy) is 1. The summed E-state index contributed by atoms with van der Waals surface area (Å²) in [4.78, 5) is 38.5. The fourth-order valence-electron chi connectivity index (χ4n) is 3.64. The predicted octanol–water partition coefficient (Wildman–Crippen LogP) is 0.848. The van der Waals surface area contributed by atoms with Gasteiger partial charge in [0.15, 0.2) is 0 Å². The van der Waals surface area contributed by atoms with Crippen LogP contribution in [0.1, 0.15) is 38.2 Å². The highest BCUT2D eigenvalue weighted by Gasteiger charge is 2.49. The van der Waals surface area contributed by atoms with Gasteiger partial charge in [-0.15, -0.1) is 0 Å². The highest BCUT2D eigenvalue weighted by Crippen LogP contribution is 2.30. The Morgan fingerprint density at radius 1 is 1.26 bits per heavy atom. The molecule has 1 aromatic rings. The summed E-state index contributed by atoms with van der Waals surface area (Å²) in [6.07, 6.45) is 3.36. The van der Waals surface area contributed by atoms with E-state index in [0.29, 0.717) is 11.3 Å². The van der Waals surface area contributed by atoms with Crippen molar-refractivity contribution in [1.29, 1.82) is 0 Å². The average Bonchev–Trinajstić information content (AvgIpc) is 2.88. The number of benzene rings is 1. The van der Waals surface area contributed by atoms with E-state index in [-0.39, 0.29) is 24.5 Å². The third-order valence-electron chi connectivity index (χ3n) is 5.38. The molecule has 0 spiro atoms. The second kappa shape index (κ2) is 7.56. The minimum absolute atomic E-state index is 0.0473. The fourth-order valence-corrected chi connectivity index (χ4v) is 3.64. The molecule has 2 fully saturated rings. The van der Waals surface area contributed by atoms with E-state index in [0.717, 1.165) is 30.6 Å². The standard InChI is InChI=1S/C19H26N4O4/c1-19(12-3-9-15(27-2)10-4-12)17(25)23(18(26)22-19)11-16(24)21-14-7-5-13(20)6-8-14/h3-4,9-10,13-14H,5-8,11,20H2,1-2H3,(H,21,24)(H,22,26). The Balaban J connectivity index is 1.65. The Hall–Kier alpha value is -2.61. The van der Waals surface area contributed by atoms with Crippen molar-refractivity contribution < 1.29 is 19.1 Å². The Labute approximate surface area is 158 Å². The van der Waals surface area contributed by atoms with Gasteiger partial charge in [0, 0.05) is 12.1 Å². The lowest BCUT2D eigenvalue weighted by molar-refractivity contribution is -0.135. The van der Waals surface area contributed by atoms with E-state index in [1.165, 1.54) is 0 Å². The molecular weight excluding hydrogens is 348 g/mol. The van der Waals surface area contributed by atoms with Crippen LogP contribution < -0.4 is 21.1 Å². The number of carbonyl (C=O) groups excluding carboxylic acids is 3. The van der Waals surface area contributed by atoms with Gasteiger partial charge < -0.3 is 21.1 Å². The first-order chi connectivity index (χ1) is 12.8. The molecule has 4 amide bonds. The minimum atomic E-state index is -1.21.